The smallest absolute Gasteiger partial charge is 0.234 e. The van der Waals surface area contributed by atoms with Crippen LogP contribution in [0.4, 0.5) is 5.69 Å². The Bertz CT molecular complexity index is 756. The number of anilines is 1. The Kier molecular flexibility index (Phi) is 7.20. The molecule has 1 aliphatic heterocycles. The minimum Gasteiger partial charge on any atom is -0.354 e. The molecule has 0 aliphatic carbocycles. The summed E-state index contributed by atoms with van der Waals surface area (Å²) in [6.07, 6.45) is 1.57. The van der Waals surface area contributed by atoms with E-state index in [1.807, 2.05) is 48.5 Å². The molecule has 1 fully saturated rings. The van der Waals surface area contributed by atoms with Crippen molar-refractivity contribution < 1.29 is 9.59 Å². The van der Waals surface area contributed by atoms with Crippen LogP contribution >= 0.6 is 0 Å². The van der Waals surface area contributed by atoms with E-state index in [-0.39, 0.29) is 23.7 Å². The van der Waals surface area contributed by atoms with Gasteiger partial charge in [0.25, 0.3) is 0 Å². The number of hydrogen-bond acceptors (Lipinski definition) is 3. The summed E-state index contributed by atoms with van der Waals surface area (Å²) in [5, 5.41) is 6.01. The third-order valence-electron chi connectivity index (χ3n) is 5.34. The highest BCUT2D eigenvalue weighted by atomic mass is 16.2. The van der Waals surface area contributed by atoms with Crippen LogP contribution in [-0.4, -0.2) is 42.9 Å². The van der Waals surface area contributed by atoms with E-state index < -0.39 is 0 Å². The number of likely N-dealkylation sites (tertiary alicyclic amines) is 1. The molecule has 1 aliphatic rings. The summed E-state index contributed by atoms with van der Waals surface area (Å²) in [6, 6.07) is 19.8. The Balaban J connectivity index is 1.36. The number of nitrogens with one attached hydrogen (secondary N) is 2. The Hall–Kier alpha value is -2.66. The maximum Gasteiger partial charge on any atom is 0.234 e. The number of nitrogens with zero attached hydrogens (tertiary/aromatic N) is 1. The zero-order valence-corrected chi connectivity index (χ0v) is 16.4. The van der Waals surface area contributed by atoms with E-state index in [4.69, 9.17) is 0 Å². The number of para-hydroxylation sites is 1. The molecule has 148 valence electrons. The van der Waals surface area contributed by atoms with Crippen LogP contribution < -0.4 is 10.6 Å². The van der Waals surface area contributed by atoms with Crippen molar-refractivity contribution in [3.8, 4) is 0 Å². The second kappa shape index (κ2) is 10.0. The first-order valence-corrected chi connectivity index (χ1v) is 10.0. The van der Waals surface area contributed by atoms with Crippen LogP contribution in [0.1, 0.15) is 31.2 Å². The lowest BCUT2D eigenvalue weighted by atomic mass is 9.95. The van der Waals surface area contributed by atoms with Crippen LogP contribution in [0, 0.1) is 5.92 Å². The first-order chi connectivity index (χ1) is 13.6. The van der Waals surface area contributed by atoms with Crippen molar-refractivity contribution in [3.05, 3.63) is 66.2 Å². The summed E-state index contributed by atoms with van der Waals surface area (Å²) >= 11 is 0. The lowest BCUT2D eigenvalue weighted by Gasteiger charge is -2.30. The lowest BCUT2D eigenvalue weighted by Crippen LogP contribution is -2.44. The summed E-state index contributed by atoms with van der Waals surface area (Å²) < 4.78 is 0. The van der Waals surface area contributed by atoms with Gasteiger partial charge >= 0.3 is 0 Å². The maximum absolute atomic E-state index is 12.4. The molecule has 0 radical (unpaired) electrons. The van der Waals surface area contributed by atoms with Gasteiger partial charge in [-0.2, -0.15) is 0 Å². The van der Waals surface area contributed by atoms with Crippen LogP contribution in [0.15, 0.2) is 60.7 Å². The van der Waals surface area contributed by atoms with Crippen molar-refractivity contribution >= 4 is 17.5 Å². The molecule has 2 N–H and O–H groups in total. The van der Waals surface area contributed by atoms with Gasteiger partial charge in [0.1, 0.15) is 0 Å². The average Bonchev–Trinajstić information content (AvgIpc) is 2.74. The van der Waals surface area contributed by atoms with Crippen LogP contribution in [-0.2, 0) is 9.59 Å². The molecule has 3 rings (SSSR count). The van der Waals surface area contributed by atoms with Crippen LogP contribution in [0.3, 0.4) is 0 Å². The Morgan fingerprint density at radius 2 is 1.61 bits per heavy atom. The van der Waals surface area contributed by atoms with Gasteiger partial charge in [-0.05, 0) is 49.5 Å². The molecule has 0 aromatic heterocycles. The highest BCUT2D eigenvalue weighted by molar-refractivity contribution is 5.92. The van der Waals surface area contributed by atoms with Gasteiger partial charge in [-0.15, -0.1) is 0 Å². The highest BCUT2D eigenvalue weighted by Gasteiger charge is 2.26. The summed E-state index contributed by atoms with van der Waals surface area (Å²) in [7, 11) is 0. The number of carbonyl (C=O) groups is 2. The van der Waals surface area contributed by atoms with Gasteiger partial charge < -0.3 is 10.6 Å². The van der Waals surface area contributed by atoms with Crippen molar-refractivity contribution in [2.45, 2.75) is 25.7 Å². The first kappa shape index (κ1) is 20.1. The van der Waals surface area contributed by atoms with Crippen molar-refractivity contribution in [3.63, 3.8) is 0 Å². The molecule has 1 saturated heterocycles. The predicted octanol–water partition coefficient (Wildman–Crippen LogP) is 3.26. The highest BCUT2D eigenvalue weighted by Crippen LogP contribution is 2.19. The van der Waals surface area contributed by atoms with E-state index in [0.717, 1.165) is 31.6 Å². The largest absolute Gasteiger partial charge is 0.354 e. The Morgan fingerprint density at radius 1 is 1.00 bits per heavy atom. The minimum atomic E-state index is 0.0117. The molecular weight excluding hydrogens is 350 g/mol. The molecule has 28 heavy (non-hydrogen) atoms. The van der Waals surface area contributed by atoms with Crippen molar-refractivity contribution in [2.24, 2.45) is 5.92 Å². The van der Waals surface area contributed by atoms with Gasteiger partial charge in [-0.25, -0.2) is 0 Å². The summed E-state index contributed by atoms with van der Waals surface area (Å²) in [6.45, 7) is 4.70. The van der Waals surface area contributed by atoms with Gasteiger partial charge in [0.15, 0.2) is 0 Å². The number of piperidine rings is 1. The third-order valence-corrected chi connectivity index (χ3v) is 5.34. The Morgan fingerprint density at radius 3 is 2.25 bits per heavy atom. The summed E-state index contributed by atoms with van der Waals surface area (Å²) in [5.41, 5.74) is 2.06. The number of amides is 2. The van der Waals surface area contributed by atoms with Gasteiger partial charge in [0, 0.05) is 18.2 Å². The minimum absolute atomic E-state index is 0.0117. The number of carbonyl (C=O) groups excluding carboxylic acids is 2. The predicted molar refractivity (Wildman–Crippen MR) is 112 cm³/mol. The van der Waals surface area contributed by atoms with E-state index in [0.29, 0.717) is 13.1 Å². The second-order valence-corrected chi connectivity index (χ2v) is 7.52. The van der Waals surface area contributed by atoms with E-state index in [9.17, 15) is 9.59 Å². The van der Waals surface area contributed by atoms with Gasteiger partial charge in [-0.3, -0.25) is 14.5 Å². The number of hydrogen-bond donors (Lipinski definition) is 2. The zero-order chi connectivity index (χ0) is 19.8. The molecule has 5 heteroatoms. The fraction of sp³-hybridized carbons (Fsp3) is 0.391. The second-order valence-electron chi connectivity index (χ2n) is 7.52. The quantitative estimate of drug-likeness (QED) is 0.776. The average molecular weight is 380 g/mol. The molecule has 1 unspecified atom stereocenters. The maximum atomic E-state index is 12.4. The molecule has 0 spiro atoms. The molecule has 2 aromatic carbocycles. The monoisotopic (exact) mass is 379 g/mol. The van der Waals surface area contributed by atoms with Crippen LogP contribution in [0.5, 0.6) is 0 Å². The normalized spacial score (nSPS) is 16.3. The van der Waals surface area contributed by atoms with Crippen molar-refractivity contribution in [1.82, 2.24) is 10.2 Å². The molecular formula is C23H29N3O2. The molecule has 0 saturated carbocycles. The molecule has 2 aromatic rings. The number of benzene rings is 2. The van der Waals surface area contributed by atoms with Crippen molar-refractivity contribution in [1.29, 1.82) is 0 Å². The standard InChI is InChI=1S/C23H29N3O2/c1-18(19-8-4-2-5-9-19)16-24-22(27)17-26-14-12-20(13-15-26)23(28)25-21-10-6-3-7-11-21/h2-11,18,20H,12-17H2,1H3,(H,24,27)(H,25,28). The molecule has 2 amide bonds. The van der Waals surface area contributed by atoms with Crippen LogP contribution in [0.2, 0.25) is 0 Å². The molecule has 0 bridgehead atoms. The lowest BCUT2D eigenvalue weighted by molar-refractivity contribution is -0.123. The Labute approximate surface area is 167 Å². The number of rotatable bonds is 7. The van der Waals surface area contributed by atoms with E-state index in [2.05, 4.69) is 34.6 Å². The fourth-order valence-electron chi connectivity index (χ4n) is 3.54. The summed E-state index contributed by atoms with van der Waals surface area (Å²) in [5.74, 6) is 0.428. The topological polar surface area (TPSA) is 61.4 Å². The van der Waals surface area contributed by atoms with Crippen molar-refractivity contribution in [2.75, 3.05) is 31.5 Å². The zero-order valence-electron chi connectivity index (χ0n) is 16.4. The summed E-state index contributed by atoms with van der Waals surface area (Å²) in [4.78, 5) is 26.8. The van der Waals surface area contributed by atoms with Crippen LogP contribution in [0.25, 0.3) is 0 Å². The fourth-order valence-corrected chi connectivity index (χ4v) is 3.54. The van der Waals surface area contributed by atoms with Gasteiger partial charge in [0.05, 0.1) is 6.54 Å². The third kappa shape index (κ3) is 5.92. The first-order valence-electron chi connectivity index (χ1n) is 10.0. The molecule has 5 nitrogen and oxygen atoms in total. The molecule has 1 heterocycles. The van der Waals surface area contributed by atoms with E-state index in [1.165, 1.54) is 5.56 Å². The molecule has 1 atom stereocenters. The van der Waals surface area contributed by atoms with E-state index in [1.54, 1.807) is 0 Å². The van der Waals surface area contributed by atoms with Gasteiger partial charge in [0.2, 0.25) is 11.8 Å². The van der Waals surface area contributed by atoms with Gasteiger partial charge in [-0.1, -0.05) is 55.5 Å². The SMILES string of the molecule is CC(CNC(=O)CN1CCC(C(=O)Nc2ccccc2)CC1)c1ccccc1. The van der Waals surface area contributed by atoms with E-state index >= 15 is 0 Å².